The van der Waals surface area contributed by atoms with Gasteiger partial charge in [-0.15, -0.1) is 0 Å². The summed E-state index contributed by atoms with van der Waals surface area (Å²) in [7, 11) is 0. The van der Waals surface area contributed by atoms with E-state index in [1.807, 2.05) is 0 Å². The number of hydrogen-bond acceptors (Lipinski definition) is 0. The van der Waals surface area contributed by atoms with E-state index in [0.29, 0.717) is 0 Å². The number of benzene rings is 1. The summed E-state index contributed by atoms with van der Waals surface area (Å²) in [6.45, 7) is 11.0. The molecule has 0 fully saturated rings. The molecule has 14 heavy (non-hydrogen) atoms. The normalized spacial score (nSPS) is 13.1. The molecule has 0 heterocycles. The maximum Gasteiger partial charge on any atom is -0.0197 e. The summed E-state index contributed by atoms with van der Waals surface area (Å²) < 4.78 is 0. The molecule has 1 rings (SSSR count). The van der Waals surface area contributed by atoms with Gasteiger partial charge in [0.1, 0.15) is 0 Å². The Hall–Kier alpha value is -1.04. The highest BCUT2D eigenvalue weighted by molar-refractivity contribution is 5.64. The summed E-state index contributed by atoms with van der Waals surface area (Å²) in [6.07, 6.45) is 2.32. The Bertz CT molecular complexity index is 337. The van der Waals surface area contributed by atoms with Gasteiger partial charge in [-0.3, -0.25) is 0 Å². The van der Waals surface area contributed by atoms with E-state index in [1.54, 1.807) is 0 Å². The van der Waals surface area contributed by atoms with E-state index >= 15 is 0 Å². The van der Waals surface area contributed by atoms with Gasteiger partial charge in [-0.05, 0) is 30.4 Å². The predicted octanol–water partition coefficient (Wildman–Crippen LogP) is 4.44. The van der Waals surface area contributed by atoms with Gasteiger partial charge in [-0.25, -0.2) is 0 Å². The van der Waals surface area contributed by atoms with E-state index in [9.17, 15) is 0 Å². The summed E-state index contributed by atoms with van der Waals surface area (Å²) in [5.74, 6) is 0. The average Bonchev–Trinajstić information content (AvgIpc) is 2.01. The van der Waals surface area contributed by atoms with Gasteiger partial charge >= 0.3 is 0 Å². The van der Waals surface area contributed by atoms with Crippen LogP contribution < -0.4 is 0 Å². The van der Waals surface area contributed by atoms with Crippen LogP contribution in [0.2, 0.25) is 0 Å². The first-order valence-corrected chi connectivity index (χ1v) is 5.15. The molecule has 1 aromatic rings. The summed E-state index contributed by atoms with van der Waals surface area (Å²) >= 11 is 0. The largest absolute Gasteiger partial charge is 0.0756 e. The van der Waals surface area contributed by atoms with Gasteiger partial charge in [0.25, 0.3) is 0 Å². The quantitative estimate of drug-likeness (QED) is 0.611. The molecule has 0 unspecified atom stereocenters. The number of rotatable bonds is 1. The van der Waals surface area contributed by atoms with Crippen LogP contribution in [0, 0.1) is 12.3 Å². The maximum atomic E-state index is 2.32. The first-order valence-electron chi connectivity index (χ1n) is 5.15. The highest BCUT2D eigenvalue weighted by Crippen LogP contribution is 2.23. The van der Waals surface area contributed by atoms with E-state index < -0.39 is 0 Å². The maximum absolute atomic E-state index is 2.32. The highest BCUT2D eigenvalue weighted by atomic mass is 14.1. The molecule has 0 N–H and O–H groups in total. The second-order valence-corrected chi connectivity index (χ2v) is 5.06. The lowest BCUT2D eigenvalue weighted by molar-refractivity contribution is 0.545. The summed E-state index contributed by atoms with van der Waals surface area (Å²) in [5.41, 5.74) is 4.28. The van der Waals surface area contributed by atoms with Gasteiger partial charge in [0, 0.05) is 0 Å². The standard InChI is InChI=1S/C14H20/c1-11-7-6-8-13(9-11)12(2)10-14(3,4)5/h6-10H,1-5H3. The van der Waals surface area contributed by atoms with Crippen molar-refractivity contribution in [2.75, 3.05) is 0 Å². The van der Waals surface area contributed by atoms with Crippen LogP contribution in [0.5, 0.6) is 0 Å². The highest BCUT2D eigenvalue weighted by Gasteiger charge is 2.06. The third kappa shape index (κ3) is 3.37. The fraction of sp³-hybridized carbons (Fsp3) is 0.429. The van der Waals surface area contributed by atoms with E-state index in [0.717, 1.165) is 0 Å². The van der Waals surface area contributed by atoms with Crippen molar-refractivity contribution in [1.82, 2.24) is 0 Å². The molecule has 0 amide bonds. The molecule has 0 nitrogen and oxygen atoms in total. The third-order valence-corrected chi connectivity index (χ3v) is 2.12. The van der Waals surface area contributed by atoms with Crippen molar-refractivity contribution < 1.29 is 0 Å². The molecule has 0 bridgehead atoms. The molecule has 0 atom stereocenters. The van der Waals surface area contributed by atoms with Crippen LogP contribution in [0.4, 0.5) is 0 Å². The zero-order valence-corrected chi connectivity index (χ0v) is 9.89. The van der Waals surface area contributed by atoms with Crippen molar-refractivity contribution in [1.29, 1.82) is 0 Å². The molecule has 76 valence electrons. The van der Waals surface area contributed by atoms with Gasteiger partial charge in [0.2, 0.25) is 0 Å². The molecule has 0 aliphatic carbocycles. The van der Waals surface area contributed by atoms with E-state index in [1.165, 1.54) is 16.7 Å². The first-order chi connectivity index (χ1) is 6.38. The van der Waals surface area contributed by atoms with Crippen molar-refractivity contribution in [3.8, 4) is 0 Å². The second-order valence-electron chi connectivity index (χ2n) is 5.06. The zero-order chi connectivity index (χ0) is 10.8. The minimum Gasteiger partial charge on any atom is -0.0756 e. The molecule has 1 aromatic carbocycles. The molecule has 0 heteroatoms. The molecule has 0 saturated carbocycles. The van der Waals surface area contributed by atoms with Crippen LogP contribution in [0.25, 0.3) is 5.57 Å². The van der Waals surface area contributed by atoms with E-state index in [-0.39, 0.29) is 5.41 Å². The number of hydrogen-bond donors (Lipinski definition) is 0. The molecule has 0 saturated heterocycles. The Morgan fingerprint density at radius 2 is 1.86 bits per heavy atom. The smallest absolute Gasteiger partial charge is 0.0197 e. The van der Waals surface area contributed by atoms with Crippen LogP contribution in [0.1, 0.15) is 38.8 Å². The van der Waals surface area contributed by atoms with Gasteiger partial charge in [-0.1, -0.05) is 56.7 Å². The average molecular weight is 188 g/mol. The Morgan fingerprint density at radius 3 is 2.36 bits per heavy atom. The first kappa shape index (κ1) is 11.0. The zero-order valence-electron chi connectivity index (χ0n) is 9.89. The van der Waals surface area contributed by atoms with Crippen molar-refractivity contribution in [2.24, 2.45) is 5.41 Å². The van der Waals surface area contributed by atoms with E-state index in [4.69, 9.17) is 0 Å². The Labute approximate surface area is 87.7 Å². The Balaban J connectivity index is 3.01. The second kappa shape index (κ2) is 4.00. The van der Waals surface area contributed by atoms with Crippen LogP contribution in [0.3, 0.4) is 0 Å². The van der Waals surface area contributed by atoms with Crippen molar-refractivity contribution in [3.05, 3.63) is 41.5 Å². The van der Waals surface area contributed by atoms with E-state index in [2.05, 4.69) is 65.0 Å². The third-order valence-electron chi connectivity index (χ3n) is 2.12. The topological polar surface area (TPSA) is 0 Å². The lowest BCUT2D eigenvalue weighted by Crippen LogP contribution is -2.00. The molecule has 0 radical (unpaired) electrons. The Kier molecular flexibility index (Phi) is 3.15. The minimum atomic E-state index is 0.258. The number of aryl methyl sites for hydroxylation is 1. The lowest BCUT2D eigenvalue weighted by atomic mass is 9.91. The molecular formula is C14H20. The lowest BCUT2D eigenvalue weighted by Gasteiger charge is -2.14. The molecule has 0 aromatic heterocycles. The molecule has 0 aliphatic heterocycles. The van der Waals surface area contributed by atoms with Crippen LogP contribution in [-0.4, -0.2) is 0 Å². The van der Waals surface area contributed by atoms with Crippen molar-refractivity contribution >= 4 is 5.57 Å². The van der Waals surface area contributed by atoms with Gasteiger partial charge in [0.15, 0.2) is 0 Å². The predicted molar refractivity (Wildman–Crippen MR) is 64.3 cm³/mol. The van der Waals surface area contributed by atoms with Crippen LogP contribution >= 0.6 is 0 Å². The Morgan fingerprint density at radius 1 is 1.21 bits per heavy atom. The molecular weight excluding hydrogens is 168 g/mol. The summed E-state index contributed by atoms with van der Waals surface area (Å²) in [5, 5.41) is 0. The molecule has 0 spiro atoms. The minimum absolute atomic E-state index is 0.258. The van der Waals surface area contributed by atoms with Crippen LogP contribution in [0.15, 0.2) is 30.3 Å². The van der Waals surface area contributed by atoms with Crippen LogP contribution in [-0.2, 0) is 0 Å². The van der Waals surface area contributed by atoms with Gasteiger partial charge in [-0.2, -0.15) is 0 Å². The molecule has 0 aliphatic rings. The fourth-order valence-electron chi connectivity index (χ4n) is 1.62. The van der Waals surface area contributed by atoms with Gasteiger partial charge < -0.3 is 0 Å². The number of allylic oxidation sites excluding steroid dienone is 2. The summed E-state index contributed by atoms with van der Waals surface area (Å²) in [6, 6.07) is 8.65. The SMILES string of the molecule is CC(=CC(C)(C)C)c1cccc(C)c1. The van der Waals surface area contributed by atoms with Crippen molar-refractivity contribution in [3.63, 3.8) is 0 Å². The van der Waals surface area contributed by atoms with Crippen molar-refractivity contribution in [2.45, 2.75) is 34.6 Å². The van der Waals surface area contributed by atoms with Gasteiger partial charge in [0.05, 0.1) is 0 Å². The fourth-order valence-corrected chi connectivity index (χ4v) is 1.62. The monoisotopic (exact) mass is 188 g/mol. The summed E-state index contributed by atoms with van der Waals surface area (Å²) in [4.78, 5) is 0.